The first-order valence-electron chi connectivity index (χ1n) is 8.86. The Morgan fingerprint density at radius 3 is 2.46 bits per heavy atom. The van der Waals surface area contributed by atoms with E-state index in [1.807, 2.05) is 0 Å². The fourth-order valence-electron chi connectivity index (χ4n) is 3.13. The molecule has 0 unspecified atom stereocenters. The number of hydrogen-bond donors (Lipinski definition) is 0. The van der Waals surface area contributed by atoms with Crippen LogP contribution >= 0.6 is 11.8 Å². The van der Waals surface area contributed by atoms with Gasteiger partial charge < -0.3 is 4.57 Å². The highest BCUT2D eigenvalue weighted by Gasteiger charge is 2.15. The third-order valence-electron chi connectivity index (χ3n) is 4.55. The van der Waals surface area contributed by atoms with Gasteiger partial charge in [0.2, 0.25) is 0 Å². The summed E-state index contributed by atoms with van der Waals surface area (Å²) < 4.78 is 2.21. The molecule has 0 bridgehead atoms. The first-order chi connectivity index (χ1) is 12.8. The van der Waals surface area contributed by atoms with Crippen LogP contribution in [0.2, 0.25) is 0 Å². The summed E-state index contributed by atoms with van der Waals surface area (Å²) in [6.45, 7) is 5.11. The molecule has 4 heteroatoms. The van der Waals surface area contributed by atoms with Crippen molar-refractivity contribution in [3.63, 3.8) is 0 Å². The molecule has 4 rings (SSSR count). The Kier molecular flexibility index (Phi) is 4.76. The third kappa shape index (κ3) is 3.25. The number of fused-ring (bicyclic) bond motifs is 1. The summed E-state index contributed by atoms with van der Waals surface area (Å²) in [4.78, 5) is 0. The molecule has 0 spiro atoms. The summed E-state index contributed by atoms with van der Waals surface area (Å²) in [6.07, 6.45) is 0. The highest BCUT2D eigenvalue weighted by molar-refractivity contribution is 7.98. The van der Waals surface area contributed by atoms with Crippen LogP contribution in [0.3, 0.4) is 0 Å². The highest BCUT2D eigenvalue weighted by Crippen LogP contribution is 2.30. The van der Waals surface area contributed by atoms with Gasteiger partial charge in [-0.1, -0.05) is 84.1 Å². The molecule has 3 aromatic carbocycles. The van der Waals surface area contributed by atoms with E-state index in [4.69, 9.17) is 0 Å². The maximum Gasteiger partial charge on any atom is 0.191 e. The van der Waals surface area contributed by atoms with Gasteiger partial charge in [0.15, 0.2) is 11.0 Å². The lowest BCUT2D eigenvalue weighted by molar-refractivity contribution is 0.687. The van der Waals surface area contributed by atoms with Gasteiger partial charge in [-0.25, -0.2) is 0 Å². The Bertz CT molecular complexity index is 1030. The van der Waals surface area contributed by atoms with Crippen molar-refractivity contribution in [2.45, 2.75) is 31.3 Å². The molecule has 0 fully saturated rings. The minimum Gasteiger partial charge on any atom is -0.302 e. The van der Waals surface area contributed by atoms with Crippen LogP contribution < -0.4 is 0 Å². The van der Waals surface area contributed by atoms with E-state index in [-0.39, 0.29) is 0 Å². The van der Waals surface area contributed by atoms with Gasteiger partial charge in [0.1, 0.15) is 0 Å². The van der Waals surface area contributed by atoms with Gasteiger partial charge in [0, 0.05) is 17.9 Å². The van der Waals surface area contributed by atoms with E-state index in [1.54, 1.807) is 11.8 Å². The topological polar surface area (TPSA) is 30.7 Å². The first kappa shape index (κ1) is 16.9. The molecule has 0 atom stereocenters. The van der Waals surface area contributed by atoms with Gasteiger partial charge in [-0.05, 0) is 30.2 Å². The third-order valence-corrected chi connectivity index (χ3v) is 5.59. The second-order valence-electron chi connectivity index (χ2n) is 6.35. The van der Waals surface area contributed by atoms with Gasteiger partial charge in [0.05, 0.1) is 0 Å². The predicted octanol–water partition coefficient (Wildman–Crippen LogP) is 5.72. The van der Waals surface area contributed by atoms with Gasteiger partial charge in [0.25, 0.3) is 0 Å². The molecule has 0 amide bonds. The number of aromatic nitrogens is 3. The van der Waals surface area contributed by atoms with Crippen LogP contribution in [0.25, 0.3) is 22.2 Å². The minimum absolute atomic E-state index is 0.849. The monoisotopic (exact) mass is 359 g/mol. The summed E-state index contributed by atoms with van der Waals surface area (Å²) in [5.41, 5.74) is 3.73. The lowest BCUT2D eigenvalue weighted by Gasteiger charge is -2.09. The molecule has 1 heterocycles. The van der Waals surface area contributed by atoms with Crippen LogP contribution in [0.5, 0.6) is 0 Å². The zero-order valence-corrected chi connectivity index (χ0v) is 15.8. The number of rotatable bonds is 5. The van der Waals surface area contributed by atoms with E-state index in [9.17, 15) is 0 Å². The van der Waals surface area contributed by atoms with Crippen molar-refractivity contribution in [1.82, 2.24) is 14.8 Å². The van der Waals surface area contributed by atoms with Crippen molar-refractivity contribution in [2.75, 3.05) is 0 Å². The van der Waals surface area contributed by atoms with Crippen LogP contribution in [0.15, 0.2) is 71.9 Å². The number of benzene rings is 3. The van der Waals surface area contributed by atoms with Crippen molar-refractivity contribution in [3.05, 3.63) is 77.9 Å². The molecular weight excluding hydrogens is 338 g/mol. The van der Waals surface area contributed by atoms with Crippen LogP contribution in [0, 0.1) is 6.92 Å². The molecule has 4 aromatic rings. The van der Waals surface area contributed by atoms with E-state index in [1.165, 1.54) is 21.9 Å². The summed E-state index contributed by atoms with van der Waals surface area (Å²) in [6, 6.07) is 23.5. The molecule has 26 heavy (non-hydrogen) atoms. The van der Waals surface area contributed by atoms with E-state index < -0.39 is 0 Å². The van der Waals surface area contributed by atoms with Crippen molar-refractivity contribution in [3.8, 4) is 11.4 Å². The molecule has 0 radical (unpaired) electrons. The fraction of sp³-hybridized carbons (Fsp3) is 0.182. The second-order valence-corrected chi connectivity index (χ2v) is 7.29. The van der Waals surface area contributed by atoms with Crippen molar-refractivity contribution in [1.29, 1.82) is 0 Å². The lowest BCUT2D eigenvalue weighted by atomic mass is 10.0. The Morgan fingerprint density at radius 2 is 1.65 bits per heavy atom. The Morgan fingerprint density at radius 1 is 0.885 bits per heavy atom. The van der Waals surface area contributed by atoms with Crippen molar-refractivity contribution in [2.24, 2.45) is 0 Å². The van der Waals surface area contributed by atoms with Crippen molar-refractivity contribution < 1.29 is 0 Å². The fourth-order valence-corrected chi connectivity index (χ4v) is 4.09. The first-order valence-corrected chi connectivity index (χ1v) is 9.84. The smallest absolute Gasteiger partial charge is 0.191 e. The molecule has 0 N–H and O–H groups in total. The predicted molar refractivity (Wildman–Crippen MR) is 109 cm³/mol. The maximum atomic E-state index is 4.53. The van der Waals surface area contributed by atoms with E-state index in [0.717, 1.165) is 28.8 Å². The molecule has 3 nitrogen and oxygen atoms in total. The van der Waals surface area contributed by atoms with Crippen molar-refractivity contribution >= 4 is 22.5 Å². The average molecular weight is 359 g/mol. The largest absolute Gasteiger partial charge is 0.302 e. The molecule has 0 aliphatic rings. The molecular formula is C22H21N3S. The van der Waals surface area contributed by atoms with Crippen LogP contribution in [-0.2, 0) is 12.3 Å². The van der Waals surface area contributed by atoms with E-state index in [0.29, 0.717) is 0 Å². The molecule has 0 aliphatic carbocycles. The van der Waals surface area contributed by atoms with Gasteiger partial charge >= 0.3 is 0 Å². The minimum atomic E-state index is 0.849. The van der Waals surface area contributed by atoms with Gasteiger partial charge in [-0.15, -0.1) is 10.2 Å². The number of hydrogen-bond acceptors (Lipinski definition) is 3. The van der Waals surface area contributed by atoms with Crippen LogP contribution in [0.4, 0.5) is 0 Å². The summed E-state index contributed by atoms with van der Waals surface area (Å²) >= 11 is 1.74. The average Bonchev–Trinajstić information content (AvgIpc) is 3.10. The number of nitrogens with zero attached hydrogens (tertiary/aromatic N) is 3. The van der Waals surface area contributed by atoms with Gasteiger partial charge in [-0.2, -0.15) is 0 Å². The highest BCUT2D eigenvalue weighted by atomic mass is 32.2. The Balaban J connectivity index is 1.67. The summed E-state index contributed by atoms with van der Waals surface area (Å²) in [7, 11) is 0. The van der Waals surface area contributed by atoms with Gasteiger partial charge in [-0.3, -0.25) is 0 Å². The molecule has 0 saturated carbocycles. The zero-order valence-electron chi connectivity index (χ0n) is 15.0. The number of thioether (sulfide) groups is 1. The molecule has 0 aliphatic heterocycles. The molecule has 130 valence electrons. The zero-order chi connectivity index (χ0) is 17.9. The van der Waals surface area contributed by atoms with Crippen LogP contribution in [-0.4, -0.2) is 14.8 Å². The normalized spacial score (nSPS) is 11.2. The lowest BCUT2D eigenvalue weighted by Crippen LogP contribution is -2.00. The van der Waals surface area contributed by atoms with E-state index >= 15 is 0 Å². The quantitative estimate of drug-likeness (QED) is 0.427. The van der Waals surface area contributed by atoms with E-state index in [2.05, 4.69) is 95.3 Å². The maximum absolute atomic E-state index is 4.53. The SMILES string of the molecule is CCn1c(SCc2ccc(C)cc2)nnc1-c1cccc2ccccc12. The molecule has 1 aromatic heterocycles. The molecule has 0 saturated heterocycles. The Hall–Kier alpha value is -2.59. The van der Waals surface area contributed by atoms with Crippen LogP contribution in [0.1, 0.15) is 18.1 Å². The summed E-state index contributed by atoms with van der Waals surface area (Å²) in [5.74, 6) is 1.84. The standard InChI is InChI=1S/C22H21N3S/c1-3-25-21(20-10-6-8-18-7-4-5-9-19(18)20)23-24-22(25)26-15-17-13-11-16(2)12-14-17/h4-14H,3,15H2,1-2H3. The Labute approximate surface area is 158 Å². The summed E-state index contributed by atoms with van der Waals surface area (Å²) in [5, 5.41) is 12.4. The second kappa shape index (κ2) is 7.34. The number of aryl methyl sites for hydroxylation is 1.